The zero-order chi connectivity index (χ0) is 50.6. The van der Waals surface area contributed by atoms with Gasteiger partial charge in [-0.2, -0.15) is 0 Å². The van der Waals surface area contributed by atoms with Gasteiger partial charge in [-0.1, -0.05) is 187 Å². The molecule has 73 heavy (non-hydrogen) atoms. The van der Waals surface area contributed by atoms with Gasteiger partial charge in [-0.3, -0.25) is 19.3 Å². The Bertz CT molecular complexity index is 2980. The van der Waals surface area contributed by atoms with E-state index >= 15 is 0 Å². The molecule has 368 valence electrons. The molecule has 6 aromatic carbocycles. The van der Waals surface area contributed by atoms with Crippen LogP contribution in [0.3, 0.4) is 0 Å². The summed E-state index contributed by atoms with van der Waals surface area (Å²) in [5, 5.41) is 12.0. The third kappa shape index (κ3) is 11.4. The number of anilines is 1. The van der Waals surface area contributed by atoms with Crippen molar-refractivity contribution in [3.05, 3.63) is 237 Å². The molecule has 2 aliphatic heterocycles. The number of thiazole rings is 1. The van der Waals surface area contributed by atoms with Crippen LogP contribution in [-0.4, -0.2) is 82.0 Å². The Morgan fingerprint density at radius 2 is 1.29 bits per heavy atom. The quantitative estimate of drug-likeness (QED) is 0.0185. The van der Waals surface area contributed by atoms with Crippen molar-refractivity contribution in [2.24, 2.45) is 5.16 Å². The van der Waals surface area contributed by atoms with Gasteiger partial charge in [0.05, 0.1) is 12.9 Å². The molecule has 0 spiro atoms. The lowest BCUT2D eigenvalue weighted by Crippen LogP contribution is -2.71. The van der Waals surface area contributed by atoms with Gasteiger partial charge in [0.1, 0.15) is 35.0 Å². The first kappa shape index (κ1) is 50.0. The van der Waals surface area contributed by atoms with Crippen LogP contribution in [0, 0.1) is 0 Å². The number of rotatable bonds is 20. The van der Waals surface area contributed by atoms with Crippen LogP contribution < -0.4 is 10.6 Å². The molecule has 14 nitrogen and oxygen atoms in total. The summed E-state index contributed by atoms with van der Waals surface area (Å²) in [6.45, 7) is -0.638. The summed E-state index contributed by atoms with van der Waals surface area (Å²) < 4.78 is 16.5. The predicted octanol–water partition coefficient (Wildman–Crippen LogP) is 8.86. The zero-order valence-electron chi connectivity index (χ0n) is 39.2. The van der Waals surface area contributed by atoms with Crippen molar-refractivity contribution >= 4 is 75.4 Å². The number of thioether (sulfide) groups is 2. The van der Waals surface area contributed by atoms with E-state index in [0.29, 0.717) is 21.2 Å². The van der Waals surface area contributed by atoms with Gasteiger partial charge in [-0.25, -0.2) is 14.6 Å². The average molecular weight is 1030 g/mol. The van der Waals surface area contributed by atoms with Gasteiger partial charge in [0, 0.05) is 16.0 Å². The number of benzene rings is 6. The zero-order valence-corrected chi connectivity index (χ0v) is 41.6. The van der Waals surface area contributed by atoms with Crippen molar-refractivity contribution in [2.45, 2.75) is 29.7 Å². The number of carbonyl (C=O) groups is 5. The maximum absolute atomic E-state index is 14.6. The summed E-state index contributed by atoms with van der Waals surface area (Å²) in [6.07, 6.45) is -0.834. The largest absolute Gasteiger partial charge is 0.468 e. The standard InChI is InChI=1S/C56H47N5O9S3/c1-67-46(63)36-71-44-35-72-53-48(52(65)61(53)49(44)54(66)70-50(38-22-10-3-11-23-38)39-24-12-4-13-25-39)58-51(64)47(60-69-33-45(62)68-32-37-20-8-2-9-21-37)43-34-73-55(57-43)59-56(40-26-14-5-15-27-40,41-28-16-6-17-29-41)42-30-18-7-19-31-42/h2-31,34,48,50,53H,32-33,35-36H2,1H3,(H,57,59)(H,58,64)/b60-47-/t48-,53-/m1/s1. The van der Waals surface area contributed by atoms with Gasteiger partial charge in [-0.15, -0.1) is 34.9 Å². The first-order chi connectivity index (χ1) is 35.7. The lowest BCUT2D eigenvalue weighted by Gasteiger charge is -2.49. The van der Waals surface area contributed by atoms with Crippen LogP contribution in [0.15, 0.2) is 203 Å². The van der Waals surface area contributed by atoms with E-state index in [9.17, 15) is 24.0 Å². The molecule has 2 amide bonds. The number of nitrogens with zero attached hydrogens (tertiary/aromatic N) is 3. The van der Waals surface area contributed by atoms with Crippen LogP contribution >= 0.6 is 34.9 Å². The van der Waals surface area contributed by atoms with E-state index in [1.807, 2.05) is 182 Å². The smallest absolute Gasteiger partial charge is 0.356 e. The Balaban J connectivity index is 1.01. The van der Waals surface area contributed by atoms with Crippen LogP contribution in [0.2, 0.25) is 0 Å². The van der Waals surface area contributed by atoms with E-state index in [4.69, 9.17) is 24.0 Å². The van der Waals surface area contributed by atoms with Crippen molar-refractivity contribution in [2.75, 3.05) is 30.5 Å². The summed E-state index contributed by atoms with van der Waals surface area (Å²) >= 11 is 3.60. The van der Waals surface area contributed by atoms with Crippen molar-refractivity contribution in [1.82, 2.24) is 15.2 Å². The van der Waals surface area contributed by atoms with Crippen molar-refractivity contribution < 1.29 is 43.0 Å². The number of esters is 3. The molecule has 0 unspecified atom stereocenters. The molecular formula is C56H47N5O9S3. The number of fused-ring (bicyclic) bond motifs is 1. The summed E-state index contributed by atoms with van der Waals surface area (Å²) in [5.41, 5.74) is 3.72. The number of aromatic nitrogens is 1. The molecule has 17 heteroatoms. The molecular weight excluding hydrogens is 983 g/mol. The molecule has 7 aromatic rings. The number of amides is 2. The van der Waals surface area contributed by atoms with E-state index in [2.05, 4.69) is 15.8 Å². The van der Waals surface area contributed by atoms with E-state index < -0.39 is 59.4 Å². The molecule has 9 rings (SSSR count). The highest BCUT2D eigenvalue weighted by Gasteiger charge is 2.55. The van der Waals surface area contributed by atoms with Crippen LogP contribution in [0.5, 0.6) is 0 Å². The van der Waals surface area contributed by atoms with Crippen LogP contribution in [0.1, 0.15) is 45.2 Å². The normalized spacial score (nSPS) is 15.4. The molecule has 1 aromatic heterocycles. The van der Waals surface area contributed by atoms with Gasteiger partial charge in [-0.05, 0) is 33.4 Å². The van der Waals surface area contributed by atoms with Crippen molar-refractivity contribution in [3.63, 3.8) is 0 Å². The second kappa shape index (κ2) is 23.5. The van der Waals surface area contributed by atoms with Gasteiger partial charge in [0.25, 0.3) is 11.8 Å². The minimum absolute atomic E-state index is 0.00139. The number of ether oxygens (including phenoxy) is 3. The Labute approximate surface area is 433 Å². The minimum Gasteiger partial charge on any atom is -0.468 e. The fraction of sp³-hybridized carbons (Fsp3) is 0.161. The second-order valence-corrected chi connectivity index (χ2v) is 19.5. The minimum atomic E-state index is -1.15. The van der Waals surface area contributed by atoms with Gasteiger partial charge >= 0.3 is 17.9 Å². The maximum Gasteiger partial charge on any atom is 0.356 e. The number of methoxy groups -OCH3 is 1. The first-order valence-corrected chi connectivity index (χ1v) is 25.9. The number of carbonyl (C=O) groups excluding carboxylic acids is 5. The molecule has 2 N–H and O–H groups in total. The predicted molar refractivity (Wildman–Crippen MR) is 281 cm³/mol. The molecule has 2 atom stereocenters. The second-order valence-electron chi connectivity index (χ2n) is 16.5. The van der Waals surface area contributed by atoms with E-state index in [1.165, 1.54) is 35.1 Å². The molecule has 0 bridgehead atoms. The number of hydrogen-bond donors (Lipinski definition) is 2. The highest BCUT2D eigenvalue weighted by Crippen LogP contribution is 2.45. The van der Waals surface area contributed by atoms with E-state index in [1.54, 1.807) is 5.38 Å². The molecule has 1 saturated heterocycles. The van der Waals surface area contributed by atoms with Gasteiger partial charge < -0.3 is 29.7 Å². The highest BCUT2D eigenvalue weighted by atomic mass is 32.2. The van der Waals surface area contributed by atoms with Gasteiger partial charge in [0.15, 0.2) is 16.9 Å². The highest BCUT2D eigenvalue weighted by molar-refractivity contribution is 8.06. The number of nitrogens with one attached hydrogen (secondary N) is 2. The summed E-state index contributed by atoms with van der Waals surface area (Å²) in [6, 6.07) is 56.2. The number of oxime groups is 1. The summed E-state index contributed by atoms with van der Waals surface area (Å²) in [5.74, 6) is -3.39. The third-order valence-electron chi connectivity index (χ3n) is 11.9. The Morgan fingerprint density at radius 3 is 1.84 bits per heavy atom. The maximum atomic E-state index is 14.6. The van der Waals surface area contributed by atoms with Crippen LogP contribution in [0.4, 0.5) is 5.13 Å². The van der Waals surface area contributed by atoms with Gasteiger partial charge in [0.2, 0.25) is 6.61 Å². The Kier molecular flexibility index (Phi) is 16.1. The molecule has 1 fully saturated rings. The molecule has 0 aliphatic carbocycles. The fourth-order valence-corrected chi connectivity index (χ4v) is 11.6. The van der Waals surface area contributed by atoms with E-state index in [0.717, 1.165) is 34.0 Å². The topological polar surface area (TPSA) is 175 Å². The molecule has 0 saturated carbocycles. The number of hydrogen-bond acceptors (Lipinski definition) is 15. The van der Waals surface area contributed by atoms with Crippen molar-refractivity contribution in [1.29, 1.82) is 0 Å². The lowest BCUT2D eigenvalue weighted by atomic mass is 9.77. The average Bonchev–Trinajstić information content (AvgIpc) is 3.91. The third-order valence-corrected chi connectivity index (χ3v) is 15.2. The molecule has 2 aliphatic rings. The number of β-lactam (4-membered cyclic amide) rings is 1. The Hall–Kier alpha value is -7.99. The van der Waals surface area contributed by atoms with Crippen molar-refractivity contribution in [3.8, 4) is 0 Å². The molecule has 3 heterocycles. The monoisotopic (exact) mass is 1030 g/mol. The summed E-state index contributed by atoms with van der Waals surface area (Å²) in [7, 11) is 1.27. The molecule has 0 radical (unpaired) electrons. The van der Waals surface area contributed by atoms with Crippen LogP contribution in [0.25, 0.3) is 0 Å². The van der Waals surface area contributed by atoms with E-state index in [-0.39, 0.29) is 35.2 Å². The first-order valence-electron chi connectivity index (χ1n) is 23.0. The summed E-state index contributed by atoms with van der Waals surface area (Å²) in [4.78, 5) is 81.0. The fourth-order valence-electron chi connectivity index (χ4n) is 8.37. The Morgan fingerprint density at radius 1 is 0.753 bits per heavy atom. The van der Waals surface area contributed by atoms with Crippen LogP contribution in [-0.2, 0) is 55.2 Å². The lowest BCUT2D eigenvalue weighted by molar-refractivity contribution is -0.154. The SMILES string of the molecule is COC(=O)CSC1=C(C(=O)OC(c2ccccc2)c2ccccc2)N2C(=O)[C@@H](NC(=O)/C(=N\OCC(=O)OCc3ccccc3)c3csc(NC(c4ccccc4)(c4ccccc4)c4ccccc4)n3)[C@H]2SC1.